The summed E-state index contributed by atoms with van der Waals surface area (Å²) >= 11 is 1.47. The van der Waals surface area contributed by atoms with Crippen molar-refractivity contribution in [2.45, 2.75) is 25.2 Å². The number of ether oxygens (including phenoxy) is 3. The zero-order valence-electron chi connectivity index (χ0n) is 20.4. The van der Waals surface area contributed by atoms with Gasteiger partial charge in [0, 0.05) is 12.1 Å². The van der Waals surface area contributed by atoms with E-state index in [4.69, 9.17) is 19.2 Å². The number of amidine groups is 1. The zero-order valence-corrected chi connectivity index (χ0v) is 21.2. The number of rotatable bonds is 9. The van der Waals surface area contributed by atoms with Gasteiger partial charge in [0.25, 0.3) is 0 Å². The Morgan fingerprint density at radius 1 is 1.03 bits per heavy atom. The number of benzene rings is 3. The molecule has 1 saturated heterocycles. The number of carbonyl (C=O) groups excluding carboxylic acids is 1. The molecule has 1 heterocycles. The number of carbonyl (C=O) groups is 1. The van der Waals surface area contributed by atoms with Crippen LogP contribution in [0.15, 0.2) is 71.7 Å². The van der Waals surface area contributed by atoms with Crippen molar-refractivity contribution in [1.29, 1.82) is 5.26 Å². The fraction of sp³-hybridized carbons (Fsp3) is 0.250. The molecule has 1 aliphatic heterocycles. The van der Waals surface area contributed by atoms with E-state index in [1.807, 2.05) is 67.6 Å². The van der Waals surface area contributed by atoms with Gasteiger partial charge in [0.2, 0.25) is 5.91 Å². The number of nitriles is 1. The predicted octanol–water partition coefficient (Wildman–Crippen LogP) is 5.35. The van der Waals surface area contributed by atoms with E-state index >= 15 is 0 Å². The lowest BCUT2D eigenvalue weighted by Crippen LogP contribution is -2.32. The van der Waals surface area contributed by atoms with Gasteiger partial charge in [-0.15, -0.1) is 0 Å². The van der Waals surface area contributed by atoms with Crippen LogP contribution in [0.1, 0.15) is 23.6 Å². The normalized spacial score (nSPS) is 16.2. The third kappa shape index (κ3) is 5.64. The number of nitrogens with zero attached hydrogens (tertiary/aromatic N) is 3. The largest absolute Gasteiger partial charge is 0.497 e. The van der Waals surface area contributed by atoms with Gasteiger partial charge in [0.1, 0.15) is 12.4 Å². The summed E-state index contributed by atoms with van der Waals surface area (Å²) in [5.74, 6) is 1.96. The molecule has 0 unspecified atom stereocenters. The molecule has 7 nitrogen and oxygen atoms in total. The van der Waals surface area contributed by atoms with E-state index in [1.54, 1.807) is 25.2 Å². The molecule has 3 aromatic carbocycles. The van der Waals surface area contributed by atoms with Crippen molar-refractivity contribution in [2.24, 2.45) is 4.99 Å². The Kier molecular flexibility index (Phi) is 8.13. The molecule has 0 bridgehead atoms. The molecule has 0 radical (unpaired) electrons. The van der Waals surface area contributed by atoms with Crippen LogP contribution in [0.3, 0.4) is 0 Å². The Balaban J connectivity index is 1.47. The molecule has 0 saturated carbocycles. The van der Waals surface area contributed by atoms with Crippen LogP contribution in [0.25, 0.3) is 0 Å². The standard InChI is InChI=1S/C28H27N3O4S/c1-4-31-27(32)26(36-28(31)30-22-10-12-23(33-2)13-11-22)16-19-9-14-24(25(15-19)34-3)35-18-21-8-6-5-7-20(21)17-29/h5-15,26H,4,16,18H2,1-3H3/t26-/m1/s1. The molecule has 0 aromatic heterocycles. The lowest BCUT2D eigenvalue weighted by atomic mass is 10.1. The molecule has 0 N–H and O–H groups in total. The molecule has 184 valence electrons. The maximum atomic E-state index is 13.1. The highest BCUT2D eigenvalue weighted by Crippen LogP contribution is 2.35. The second-order valence-electron chi connectivity index (χ2n) is 8.03. The van der Waals surface area contributed by atoms with E-state index < -0.39 is 0 Å². The van der Waals surface area contributed by atoms with Gasteiger partial charge in [-0.3, -0.25) is 9.69 Å². The summed E-state index contributed by atoms with van der Waals surface area (Å²) in [6.45, 7) is 2.76. The van der Waals surface area contributed by atoms with Gasteiger partial charge in [0.05, 0.1) is 36.8 Å². The molecule has 4 rings (SSSR count). The van der Waals surface area contributed by atoms with Gasteiger partial charge in [-0.2, -0.15) is 5.26 Å². The summed E-state index contributed by atoms with van der Waals surface area (Å²) in [7, 11) is 3.21. The van der Waals surface area contributed by atoms with Crippen molar-refractivity contribution in [3.05, 3.63) is 83.4 Å². The summed E-state index contributed by atoms with van der Waals surface area (Å²) in [6.07, 6.45) is 0.537. The first-order valence-electron chi connectivity index (χ1n) is 11.5. The highest BCUT2D eigenvalue weighted by molar-refractivity contribution is 8.15. The van der Waals surface area contributed by atoms with Crippen molar-refractivity contribution < 1.29 is 19.0 Å². The van der Waals surface area contributed by atoms with Crippen LogP contribution in [-0.2, 0) is 17.8 Å². The first-order chi connectivity index (χ1) is 17.6. The first-order valence-corrected chi connectivity index (χ1v) is 12.4. The van der Waals surface area contributed by atoms with Crippen molar-refractivity contribution in [2.75, 3.05) is 20.8 Å². The van der Waals surface area contributed by atoms with Crippen molar-refractivity contribution in [3.63, 3.8) is 0 Å². The Labute approximate surface area is 215 Å². The minimum absolute atomic E-state index is 0.0437. The number of amides is 1. The van der Waals surface area contributed by atoms with Gasteiger partial charge in [-0.1, -0.05) is 36.0 Å². The van der Waals surface area contributed by atoms with Gasteiger partial charge in [0.15, 0.2) is 16.7 Å². The number of hydrogen-bond donors (Lipinski definition) is 0. The van der Waals surface area contributed by atoms with Crippen LogP contribution in [0.4, 0.5) is 5.69 Å². The monoisotopic (exact) mass is 501 g/mol. The van der Waals surface area contributed by atoms with E-state index in [1.165, 1.54) is 11.8 Å². The van der Waals surface area contributed by atoms with E-state index in [9.17, 15) is 10.1 Å². The number of thioether (sulfide) groups is 1. The average Bonchev–Trinajstić information content (AvgIpc) is 3.21. The molecular weight excluding hydrogens is 474 g/mol. The summed E-state index contributed by atoms with van der Waals surface area (Å²) in [6, 6.07) is 22.6. The van der Waals surface area contributed by atoms with Crippen LogP contribution in [0, 0.1) is 11.3 Å². The Hall–Kier alpha value is -3.96. The Bertz CT molecular complexity index is 1300. The molecule has 1 atom stereocenters. The lowest BCUT2D eigenvalue weighted by molar-refractivity contribution is -0.126. The van der Waals surface area contributed by atoms with Gasteiger partial charge < -0.3 is 14.2 Å². The van der Waals surface area contributed by atoms with Crippen LogP contribution in [0.5, 0.6) is 17.2 Å². The third-order valence-corrected chi connectivity index (χ3v) is 6.98. The minimum Gasteiger partial charge on any atom is -0.497 e. The van der Waals surface area contributed by atoms with E-state index in [0.29, 0.717) is 35.2 Å². The van der Waals surface area contributed by atoms with Gasteiger partial charge in [-0.05, 0) is 61.4 Å². The van der Waals surface area contributed by atoms with Gasteiger partial charge in [-0.25, -0.2) is 4.99 Å². The van der Waals surface area contributed by atoms with Crippen LogP contribution in [-0.4, -0.2) is 42.0 Å². The molecule has 36 heavy (non-hydrogen) atoms. The third-order valence-electron chi connectivity index (χ3n) is 5.80. The zero-order chi connectivity index (χ0) is 25.5. The molecule has 3 aromatic rings. The summed E-state index contributed by atoms with van der Waals surface area (Å²) in [4.78, 5) is 19.5. The summed E-state index contributed by atoms with van der Waals surface area (Å²) < 4.78 is 16.7. The minimum atomic E-state index is -0.277. The van der Waals surface area contributed by atoms with Crippen molar-refractivity contribution in [3.8, 4) is 23.3 Å². The fourth-order valence-electron chi connectivity index (χ4n) is 3.87. The topological polar surface area (TPSA) is 84.2 Å². The van der Waals surface area contributed by atoms with Crippen molar-refractivity contribution >= 4 is 28.5 Å². The van der Waals surface area contributed by atoms with Crippen LogP contribution in [0.2, 0.25) is 0 Å². The summed E-state index contributed by atoms with van der Waals surface area (Å²) in [5, 5.41) is 9.71. The summed E-state index contributed by atoms with van der Waals surface area (Å²) in [5.41, 5.74) is 3.12. The molecule has 1 amide bonds. The van der Waals surface area contributed by atoms with Gasteiger partial charge >= 0.3 is 0 Å². The SMILES string of the molecule is CCN1C(=O)[C@@H](Cc2ccc(OCc3ccccc3C#N)c(OC)c2)SC1=Nc1ccc(OC)cc1. The number of aliphatic imine (C=N–C) groups is 1. The molecular formula is C28H27N3O4S. The van der Waals surface area contributed by atoms with Crippen LogP contribution >= 0.6 is 11.8 Å². The maximum Gasteiger partial charge on any atom is 0.242 e. The molecule has 1 fully saturated rings. The van der Waals surface area contributed by atoms with E-state index in [-0.39, 0.29) is 17.8 Å². The van der Waals surface area contributed by atoms with E-state index in [2.05, 4.69) is 6.07 Å². The molecule has 8 heteroatoms. The highest BCUT2D eigenvalue weighted by atomic mass is 32.2. The second kappa shape index (κ2) is 11.6. The average molecular weight is 502 g/mol. The smallest absolute Gasteiger partial charge is 0.242 e. The predicted molar refractivity (Wildman–Crippen MR) is 141 cm³/mol. The Morgan fingerprint density at radius 2 is 1.81 bits per heavy atom. The lowest BCUT2D eigenvalue weighted by Gasteiger charge is -2.15. The fourth-order valence-corrected chi connectivity index (χ4v) is 5.13. The number of methoxy groups -OCH3 is 2. The van der Waals surface area contributed by atoms with Crippen LogP contribution < -0.4 is 14.2 Å². The quantitative estimate of drug-likeness (QED) is 0.393. The first kappa shape index (κ1) is 25.1. The molecule has 0 spiro atoms. The highest BCUT2D eigenvalue weighted by Gasteiger charge is 2.37. The molecule has 0 aliphatic carbocycles. The van der Waals surface area contributed by atoms with Crippen molar-refractivity contribution in [1.82, 2.24) is 4.90 Å². The Morgan fingerprint density at radius 3 is 2.50 bits per heavy atom. The number of hydrogen-bond acceptors (Lipinski definition) is 7. The second-order valence-corrected chi connectivity index (χ2v) is 9.20. The maximum absolute atomic E-state index is 13.1. The molecule has 1 aliphatic rings. The van der Waals surface area contributed by atoms with E-state index in [0.717, 1.165) is 22.6 Å².